The van der Waals surface area contributed by atoms with E-state index in [1.807, 2.05) is 60.7 Å². The molecule has 2 aromatic rings. The summed E-state index contributed by atoms with van der Waals surface area (Å²) in [4.78, 5) is 0. The third-order valence-electron chi connectivity index (χ3n) is 5.96. The summed E-state index contributed by atoms with van der Waals surface area (Å²) in [7, 11) is 0. The average molecular weight is 401 g/mol. The predicted molar refractivity (Wildman–Crippen MR) is 116 cm³/mol. The van der Waals surface area contributed by atoms with E-state index in [0.29, 0.717) is 32.8 Å². The minimum absolute atomic E-state index is 0.0265. The maximum absolute atomic E-state index is 10.2. The molecule has 0 aliphatic carbocycles. The monoisotopic (exact) mass is 400 g/mol. The topological polar surface area (TPSA) is 58.9 Å². The van der Waals surface area contributed by atoms with Gasteiger partial charge in [-0.15, -0.1) is 0 Å². The summed E-state index contributed by atoms with van der Waals surface area (Å²) in [6.07, 6.45) is 2.21. The highest BCUT2D eigenvalue weighted by Crippen LogP contribution is 2.40. The van der Waals surface area contributed by atoms with Gasteiger partial charge in [0.15, 0.2) is 0 Å². The minimum Gasteiger partial charge on any atom is -0.396 e. The lowest BCUT2D eigenvalue weighted by Gasteiger charge is -2.41. The first-order valence-corrected chi connectivity index (χ1v) is 10.6. The van der Waals surface area contributed by atoms with Gasteiger partial charge in [0.05, 0.1) is 39.6 Å². The number of ether oxygens (including phenoxy) is 2. The molecule has 0 aliphatic heterocycles. The fourth-order valence-corrected chi connectivity index (χ4v) is 3.70. The van der Waals surface area contributed by atoms with Crippen molar-refractivity contribution < 1.29 is 19.7 Å². The fraction of sp³-hybridized carbons (Fsp3) is 0.520. The zero-order chi connectivity index (χ0) is 21.0. The van der Waals surface area contributed by atoms with Gasteiger partial charge < -0.3 is 19.7 Å². The molecule has 0 heterocycles. The second kappa shape index (κ2) is 12.1. The van der Waals surface area contributed by atoms with Gasteiger partial charge >= 0.3 is 0 Å². The minimum atomic E-state index is -0.399. The molecule has 2 unspecified atom stereocenters. The van der Waals surface area contributed by atoms with Crippen LogP contribution < -0.4 is 0 Å². The molecule has 4 heteroatoms. The van der Waals surface area contributed by atoms with E-state index in [-0.39, 0.29) is 13.2 Å². The molecule has 0 spiro atoms. The van der Waals surface area contributed by atoms with E-state index in [4.69, 9.17) is 9.47 Å². The molecular weight excluding hydrogens is 364 g/mol. The predicted octanol–water partition coefficient (Wildman–Crippen LogP) is 4.59. The van der Waals surface area contributed by atoms with E-state index in [2.05, 4.69) is 13.8 Å². The summed E-state index contributed by atoms with van der Waals surface area (Å²) in [5, 5.41) is 20.5. The van der Waals surface area contributed by atoms with Crippen molar-refractivity contribution in [2.24, 2.45) is 10.8 Å². The number of rotatable bonds is 14. The molecule has 29 heavy (non-hydrogen) atoms. The number of aliphatic hydroxyl groups is 2. The lowest BCUT2D eigenvalue weighted by atomic mass is 9.69. The standard InChI is InChI=1S/C25H36O4/c1-3-24(18-26,20-28-15-22-11-7-5-8-12-22)17-25(4-2,19-27)21-29-16-23-13-9-6-10-14-23/h5-14,26-27H,3-4,15-21H2,1-2H3. The first-order valence-electron chi connectivity index (χ1n) is 10.6. The Labute approximate surface area is 175 Å². The molecule has 4 nitrogen and oxygen atoms in total. The van der Waals surface area contributed by atoms with Crippen LogP contribution in [0.4, 0.5) is 0 Å². The lowest BCUT2D eigenvalue weighted by Crippen LogP contribution is -2.42. The third kappa shape index (κ3) is 7.23. The van der Waals surface area contributed by atoms with Crippen LogP contribution in [-0.4, -0.2) is 36.6 Å². The molecular formula is C25H36O4. The average Bonchev–Trinajstić information content (AvgIpc) is 2.79. The first kappa shape index (κ1) is 23.6. The van der Waals surface area contributed by atoms with Crippen molar-refractivity contribution in [3.8, 4) is 0 Å². The highest BCUT2D eigenvalue weighted by molar-refractivity contribution is 5.14. The van der Waals surface area contributed by atoms with Gasteiger partial charge in [-0.25, -0.2) is 0 Å². The van der Waals surface area contributed by atoms with Crippen LogP contribution in [0, 0.1) is 10.8 Å². The van der Waals surface area contributed by atoms with E-state index in [9.17, 15) is 10.2 Å². The highest BCUT2D eigenvalue weighted by atomic mass is 16.5. The highest BCUT2D eigenvalue weighted by Gasteiger charge is 2.39. The summed E-state index contributed by atoms with van der Waals surface area (Å²) >= 11 is 0. The van der Waals surface area contributed by atoms with Gasteiger partial charge in [0.25, 0.3) is 0 Å². The molecule has 0 amide bonds. The van der Waals surface area contributed by atoms with Gasteiger partial charge in [-0.3, -0.25) is 0 Å². The van der Waals surface area contributed by atoms with E-state index in [1.54, 1.807) is 0 Å². The van der Waals surface area contributed by atoms with E-state index in [1.165, 1.54) is 0 Å². The van der Waals surface area contributed by atoms with Crippen molar-refractivity contribution in [3.63, 3.8) is 0 Å². The van der Waals surface area contributed by atoms with Crippen LogP contribution in [0.3, 0.4) is 0 Å². The molecule has 2 rings (SSSR count). The number of hydrogen-bond acceptors (Lipinski definition) is 4. The van der Waals surface area contributed by atoms with Crippen molar-refractivity contribution in [1.82, 2.24) is 0 Å². The molecule has 2 aromatic carbocycles. The zero-order valence-electron chi connectivity index (χ0n) is 17.8. The number of benzene rings is 2. The fourth-order valence-electron chi connectivity index (χ4n) is 3.70. The van der Waals surface area contributed by atoms with Crippen molar-refractivity contribution >= 4 is 0 Å². The van der Waals surface area contributed by atoms with Crippen molar-refractivity contribution in [2.45, 2.75) is 46.3 Å². The second-order valence-electron chi connectivity index (χ2n) is 8.16. The molecule has 160 valence electrons. The Bertz CT molecular complexity index is 604. The summed E-state index contributed by atoms with van der Waals surface area (Å²) in [6, 6.07) is 20.1. The quantitative estimate of drug-likeness (QED) is 0.487. The van der Waals surface area contributed by atoms with Gasteiger partial charge in [0.1, 0.15) is 0 Å². The van der Waals surface area contributed by atoms with Gasteiger partial charge in [0, 0.05) is 10.8 Å². The molecule has 0 saturated heterocycles. The third-order valence-corrected chi connectivity index (χ3v) is 5.96. The maximum Gasteiger partial charge on any atom is 0.0717 e. The molecule has 2 N–H and O–H groups in total. The zero-order valence-corrected chi connectivity index (χ0v) is 17.8. The largest absolute Gasteiger partial charge is 0.396 e. The Morgan fingerprint density at radius 1 is 0.655 bits per heavy atom. The van der Waals surface area contributed by atoms with Crippen LogP contribution in [0.2, 0.25) is 0 Å². The molecule has 0 radical (unpaired) electrons. The van der Waals surface area contributed by atoms with Crippen molar-refractivity contribution in [2.75, 3.05) is 26.4 Å². The van der Waals surface area contributed by atoms with Crippen LogP contribution in [-0.2, 0) is 22.7 Å². The summed E-state index contributed by atoms with van der Waals surface area (Å²) < 4.78 is 12.0. The van der Waals surface area contributed by atoms with Gasteiger partial charge in [-0.1, -0.05) is 74.5 Å². The Morgan fingerprint density at radius 2 is 1.03 bits per heavy atom. The van der Waals surface area contributed by atoms with Gasteiger partial charge in [0.2, 0.25) is 0 Å². The van der Waals surface area contributed by atoms with Gasteiger partial charge in [-0.05, 0) is 30.4 Å². The molecule has 2 atom stereocenters. The summed E-state index contributed by atoms with van der Waals surface area (Å²) in [5.41, 5.74) is 1.43. The van der Waals surface area contributed by atoms with Crippen molar-refractivity contribution in [1.29, 1.82) is 0 Å². The SMILES string of the molecule is CCC(CO)(COCc1ccccc1)CC(CC)(CO)COCc1ccccc1. The Hall–Kier alpha value is -1.72. The number of aliphatic hydroxyl groups excluding tert-OH is 2. The molecule has 0 aliphatic rings. The van der Waals surface area contributed by atoms with Crippen LogP contribution in [0.15, 0.2) is 60.7 Å². The van der Waals surface area contributed by atoms with Crippen molar-refractivity contribution in [3.05, 3.63) is 71.8 Å². The van der Waals surface area contributed by atoms with E-state index >= 15 is 0 Å². The molecule has 0 aromatic heterocycles. The smallest absolute Gasteiger partial charge is 0.0717 e. The molecule has 0 saturated carbocycles. The number of hydrogen-bond donors (Lipinski definition) is 2. The van der Waals surface area contributed by atoms with Gasteiger partial charge in [-0.2, -0.15) is 0 Å². The maximum atomic E-state index is 10.2. The van der Waals surface area contributed by atoms with Crippen LogP contribution in [0.5, 0.6) is 0 Å². The Kier molecular flexibility index (Phi) is 9.82. The summed E-state index contributed by atoms with van der Waals surface area (Å²) in [5.74, 6) is 0. The molecule has 0 fully saturated rings. The van der Waals surface area contributed by atoms with E-state index in [0.717, 1.165) is 24.0 Å². The Balaban J connectivity index is 1.98. The second-order valence-corrected chi connectivity index (χ2v) is 8.16. The van der Waals surface area contributed by atoms with E-state index < -0.39 is 10.8 Å². The summed E-state index contributed by atoms with van der Waals surface area (Å²) in [6.45, 7) is 6.15. The first-order chi connectivity index (χ1) is 14.1. The van der Waals surface area contributed by atoms with Crippen LogP contribution in [0.25, 0.3) is 0 Å². The Morgan fingerprint density at radius 3 is 1.34 bits per heavy atom. The normalized spacial score (nSPS) is 15.6. The molecule has 0 bridgehead atoms. The lowest BCUT2D eigenvalue weighted by molar-refractivity contribution is -0.0756. The van der Waals surface area contributed by atoms with Crippen LogP contribution in [0.1, 0.15) is 44.2 Å². The van der Waals surface area contributed by atoms with Crippen LogP contribution >= 0.6 is 0 Å².